The van der Waals surface area contributed by atoms with Gasteiger partial charge in [0.25, 0.3) is 5.91 Å². The molecule has 0 aliphatic carbocycles. The van der Waals surface area contributed by atoms with Gasteiger partial charge in [0.1, 0.15) is 11.8 Å². The number of hydrogen-bond donors (Lipinski definition) is 1. The molecule has 0 saturated carbocycles. The minimum atomic E-state index is -0.248. The first kappa shape index (κ1) is 19.2. The van der Waals surface area contributed by atoms with Crippen LogP contribution in [0.25, 0.3) is 0 Å². The van der Waals surface area contributed by atoms with Crippen LogP contribution in [0, 0.1) is 25.2 Å². The normalized spacial score (nSPS) is 10.3. The highest BCUT2D eigenvalue weighted by Gasteiger charge is 2.13. The van der Waals surface area contributed by atoms with Gasteiger partial charge >= 0.3 is 0 Å². The summed E-state index contributed by atoms with van der Waals surface area (Å²) in [5, 5.41) is 16.5. The smallest absolute Gasteiger partial charge is 0.258 e. The van der Waals surface area contributed by atoms with E-state index in [0.717, 1.165) is 17.0 Å². The van der Waals surface area contributed by atoms with Gasteiger partial charge in [0, 0.05) is 17.8 Å². The van der Waals surface area contributed by atoms with Crippen LogP contribution in [0.4, 0.5) is 0 Å². The molecule has 28 heavy (non-hydrogen) atoms. The maximum atomic E-state index is 12.2. The SMILES string of the molecule is Cc1nn(Cc2ccccc2)c(C)c1CNC(=O)COc1ccccc1C#N. The fourth-order valence-electron chi connectivity index (χ4n) is 2.97. The van der Waals surface area contributed by atoms with E-state index < -0.39 is 0 Å². The average Bonchev–Trinajstić information content (AvgIpc) is 2.98. The van der Waals surface area contributed by atoms with Crippen LogP contribution in [0.1, 0.15) is 28.1 Å². The first-order chi connectivity index (χ1) is 13.6. The summed E-state index contributed by atoms with van der Waals surface area (Å²) >= 11 is 0. The van der Waals surface area contributed by atoms with Gasteiger partial charge in [0.2, 0.25) is 0 Å². The number of carbonyl (C=O) groups is 1. The number of hydrogen-bond acceptors (Lipinski definition) is 4. The van der Waals surface area contributed by atoms with Crippen molar-refractivity contribution in [3.05, 3.63) is 82.7 Å². The Morgan fingerprint density at radius 3 is 2.61 bits per heavy atom. The number of rotatable bonds is 7. The number of aryl methyl sites for hydroxylation is 1. The number of benzene rings is 2. The van der Waals surface area contributed by atoms with Crippen molar-refractivity contribution in [2.45, 2.75) is 26.9 Å². The monoisotopic (exact) mass is 374 g/mol. The van der Waals surface area contributed by atoms with Crippen LogP contribution in [0.15, 0.2) is 54.6 Å². The summed E-state index contributed by atoms with van der Waals surface area (Å²) in [7, 11) is 0. The third-order valence-corrected chi connectivity index (χ3v) is 4.54. The van der Waals surface area contributed by atoms with Gasteiger partial charge in [0.05, 0.1) is 17.8 Å². The Labute approximate surface area is 164 Å². The topological polar surface area (TPSA) is 79.9 Å². The molecule has 2 aromatic carbocycles. The lowest BCUT2D eigenvalue weighted by atomic mass is 10.2. The van der Waals surface area contributed by atoms with Crippen molar-refractivity contribution in [1.82, 2.24) is 15.1 Å². The second kappa shape index (κ2) is 8.87. The molecule has 0 spiro atoms. The zero-order chi connectivity index (χ0) is 19.9. The number of nitrogens with one attached hydrogen (secondary N) is 1. The molecule has 0 radical (unpaired) electrons. The first-order valence-electron chi connectivity index (χ1n) is 9.04. The molecule has 1 amide bonds. The van der Waals surface area contributed by atoms with Gasteiger partial charge in [-0.2, -0.15) is 10.4 Å². The van der Waals surface area contributed by atoms with Crippen molar-refractivity contribution in [3.63, 3.8) is 0 Å². The molecule has 0 aliphatic rings. The summed E-state index contributed by atoms with van der Waals surface area (Å²) in [6, 6.07) is 19.0. The van der Waals surface area contributed by atoms with Crippen molar-refractivity contribution in [2.75, 3.05) is 6.61 Å². The molecular weight excluding hydrogens is 352 g/mol. The number of carbonyl (C=O) groups excluding carboxylic acids is 1. The molecule has 6 nitrogen and oxygen atoms in total. The van der Waals surface area contributed by atoms with Gasteiger partial charge in [0.15, 0.2) is 6.61 Å². The number of para-hydroxylation sites is 1. The lowest BCUT2D eigenvalue weighted by molar-refractivity contribution is -0.123. The quantitative estimate of drug-likeness (QED) is 0.689. The third-order valence-electron chi connectivity index (χ3n) is 4.54. The Bertz CT molecular complexity index is 1000. The van der Waals surface area contributed by atoms with E-state index in [1.807, 2.05) is 42.8 Å². The van der Waals surface area contributed by atoms with Crippen molar-refractivity contribution < 1.29 is 9.53 Å². The van der Waals surface area contributed by atoms with Crippen LogP contribution in [0.3, 0.4) is 0 Å². The summed E-state index contributed by atoms with van der Waals surface area (Å²) in [6.45, 7) is 4.87. The second-order valence-electron chi connectivity index (χ2n) is 6.47. The number of ether oxygens (including phenoxy) is 1. The Kier molecular flexibility index (Phi) is 6.07. The summed E-state index contributed by atoms with van der Waals surface area (Å²) < 4.78 is 7.42. The minimum absolute atomic E-state index is 0.144. The molecule has 0 atom stereocenters. The summed E-state index contributed by atoms with van der Waals surface area (Å²) in [6.07, 6.45) is 0. The van der Waals surface area contributed by atoms with E-state index in [4.69, 9.17) is 10.00 Å². The molecule has 0 fully saturated rings. The van der Waals surface area contributed by atoms with Gasteiger partial charge in [-0.25, -0.2) is 0 Å². The second-order valence-corrected chi connectivity index (χ2v) is 6.47. The zero-order valence-corrected chi connectivity index (χ0v) is 16.0. The van der Waals surface area contributed by atoms with Crippen LogP contribution >= 0.6 is 0 Å². The van der Waals surface area contributed by atoms with E-state index in [1.165, 1.54) is 5.56 Å². The fraction of sp³-hybridized carbons (Fsp3) is 0.227. The maximum absolute atomic E-state index is 12.2. The summed E-state index contributed by atoms with van der Waals surface area (Å²) in [5.74, 6) is 0.158. The van der Waals surface area contributed by atoms with Crippen LogP contribution in [-0.2, 0) is 17.9 Å². The van der Waals surface area contributed by atoms with Crippen molar-refractivity contribution >= 4 is 5.91 Å². The lowest BCUT2D eigenvalue weighted by Gasteiger charge is -2.09. The van der Waals surface area contributed by atoms with Crippen molar-refractivity contribution in [3.8, 4) is 11.8 Å². The summed E-state index contributed by atoms with van der Waals surface area (Å²) in [5.41, 5.74) is 4.50. The highest BCUT2D eigenvalue weighted by atomic mass is 16.5. The third kappa shape index (κ3) is 4.57. The van der Waals surface area contributed by atoms with Crippen molar-refractivity contribution in [2.24, 2.45) is 0 Å². The van der Waals surface area contributed by atoms with Gasteiger partial charge in [-0.3, -0.25) is 9.48 Å². The molecule has 1 heterocycles. The molecule has 3 aromatic rings. The zero-order valence-electron chi connectivity index (χ0n) is 16.0. The molecule has 6 heteroatoms. The largest absolute Gasteiger partial charge is 0.482 e. The highest BCUT2D eigenvalue weighted by molar-refractivity contribution is 5.77. The minimum Gasteiger partial charge on any atom is -0.482 e. The average molecular weight is 374 g/mol. The van der Waals surface area contributed by atoms with E-state index in [1.54, 1.807) is 24.3 Å². The standard InChI is InChI=1S/C22H22N4O2/c1-16-20(17(2)26(25-16)14-18-8-4-3-5-9-18)13-24-22(27)15-28-21-11-7-6-10-19(21)12-23/h3-11H,13-15H2,1-2H3,(H,24,27). The van der Waals surface area contributed by atoms with Gasteiger partial charge in [-0.05, 0) is 31.5 Å². The number of nitriles is 1. The van der Waals surface area contributed by atoms with Gasteiger partial charge in [-0.1, -0.05) is 42.5 Å². The number of amides is 1. The summed E-state index contributed by atoms with van der Waals surface area (Å²) in [4.78, 5) is 12.2. The van der Waals surface area contributed by atoms with Crippen LogP contribution < -0.4 is 10.1 Å². The number of aromatic nitrogens is 2. The Morgan fingerprint density at radius 2 is 1.86 bits per heavy atom. The van der Waals surface area contributed by atoms with E-state index in [9.17, 15) is 4.79 Å². The molecule has 0 saturated heterocycles. The van der Waals surface area contributed by atoms with Crippen molar-refractivity contribution in [1.29, 1.82) is 5.26 Å². The van der Waals surface area contributed by atoms with E-state index in [-0.39, 0.29) is 12.5 Å². The molecule has 0 unspecified atom stereocenters. The van der Waals surface area contributed by atoms with Gasteiger partial charge in [-0.15, -0.1) is 0 Å². The van der Waals surface area contributed by atoms with E-state index >= 15 is 0 Å². The van der Waals surface area contributed by atoms with E-state index in [0.29, 0.717) is 24.4 Å². The Morgan fingerprint density at radius 1 is 1.14 bits per heavy atom. The fourth-order valence-corrected chi connectivity index (χ4v) is 2.97. The first-order valence-corrected chi connectivity index (χ1v) is 9.04. The molecular formula is C22H22N4O2. The molecule has 1 N–H and O–H groups in total. The van der Waals surface area contributed by atoms with Crippen LogP contribution in [0.2, 0.25) is 0 Å². The Balaban J connectivity index is 1.58. The molecule has 0 aliphatic heterocycles. The molecule has 1 aromatic heterocycles. The molecule has 3 rings (SSSR count). The van der Waals surface area contributed by atoms with Crippen LogP contribution in [-0.4, -0.2) is 22.3 Å². The molecule has 0 bridgehead atoms. The number of nitrogens with zero attached hydrogens (tertiary/aromatic N) is 3. The predicted molar refractivity (Wildman–Crippen MR) is 106 cm³/mol. The highest BCUT2D eigenvalue weighted by Crippen LogP contribution is 2.17. The van der Waals surface area contributed by atoms with Crippen LogP contribution in [0.5, 0.6) is 5.75 Å². The predicted octanol–water partition coefficient (Wildman–Crippen LogP) is 3.12. The Hall–Kier alpha value is -3.59. The lowest BCUT2D eigenvalue weighted by Crippen LogP contribution is -2.29. The maximum Gasteiger partial charge on any atom is 0.258 e. The van der Waals surface area contributed by atoms with E-state index in [2.05, 4.69) is 22.5 Å². The molecule has 142 valence electrons. The van der Waals surface area contributed by atoms with Gasteiger partial charge < -0.3 is 10.1 Å².